The maximum absolute atomic E-state index is 11.0. The topological polar surface area (TPSA) is 54.0 Å². The normalized spacial score (nSPS) is 18.0. The molecule has 1 heterocycles. The predicted octanol–water partition coefficient (Wildman–Crippen LogP) is 1.27. The van der Waals surface area contributed by atoms with Gasteiger partial charge in [0.15, 0.2) is 6.29 Å². The summed E-state index contributed by atoms with van der Waals surface area (Å²) in [6, 6.07) is 0. The molecule has 0 N–H and O–H groups in total. The lowest BCUT2D eigenvalue weighted by atomic mass is 10.3. The molecule has 0 aromatic carbocycles. The Bertz CT molecular complexity index is 258. The van der Waals surface area contributed by atoms with E-state index >= 15 is 0 Å². The van der Waals surface area contributed by atoms with E-state index in [0.29, 0.717) is 31.8 Å². The molecule has 0 bridgehead atoms. The van der Waals surface area contributed by atoms with Gasteiger partial charge in [-0.1, -0.05) is 6.58 Å². The van der Waals surface area contributed by atoms with Gasteiger partial charge in [-0.05, 0) is 13.8 Å². The van der Waals surface area contributed by atoms with Gasteiger partial charge in [0.1, 0.15) is 6.61 Å². The molecule has 0 aliphatic carbocycles. The van der Waals surface area contributed by atoms with Crippen LogP contribution in [0.25, 0.3) is 0 Å². The van der Waals surface area contributed by atoms with E-state index in [1.165, 1.54) is 0 Å². The molecular formula is C12H20O5. The average molecular weight is 244 g/mol. The molecule has 1 atom stereocenters. The molecule has 0 aromatic heterocycles. The van der Waals surface area contributed by atoms with E-state index < -0.39 is 0 Å². The molecule has 1 saturated heterocycles. The third-order valence-electron chi connectivity index (χ3n) is 2.28. The van der Waals surface area contributed by atoms with Crippen molar-refractivity contribution in [1.29, 1.82) is 0 Å². The molecule has 1 unspecified atom stereocenters. The Balaban J connectivity index is 2.01. The van der Waals surface area contributed by atoms with Crippen molar-refractivity contribution in [2.45, 2.75) is 32.7 Å². The average Bonchev–Trinajstić information content (AvgIpc) is 2.76. The Kier molecular flexibility index (Phi) is 6.18. The molecule has 98 valence electrons. The molecular weight excluding hydrogens is 224 g/mol. The largest absolute Gasteiger partial charge is 0.460 e. The van der Waals surface area contributed by atoms with Crippen LogP contribution < -0.4 is 0 Å². The van der Waals surface area contributed by atoms with Crippen molar-refractivity contribution in [1.82, 2.24) is 0 Å². The number of hydrogen-bond donors (Lipinski definition) is 0. The fraction of sp³-hybridized carbons (Fsp3) is 0.750. The molecule has 0 saturated carbocycles. The molecule has 1 fully saturated rings. The Morgan fingerprint density at radius 2 is 2.06 bits per heavy atom. The van der Waals surface area contributed by atoms with E-state index in [0.717, 1.165) is 0 Å². The molecule has 0 spiro atoms. The van der Waals surface area contributed by atoms with Crippen molar-refractivity contribution in [3.63, 3.8) is 0 Å². The van der Waals surface area contributed by atoms with Gasteiger partial charge < -0.3 is 18.9 Å². The summed E-state index contributed by atoms with van der Waals surface area (Å²) in [4.78, 5) is 11.0. The zero-order chi connectivity index (χ0) is 12.7. The van der Waals surface area contributed by atoms with Crippen molar-refractivity contribution >= 4 is 5.97 Å². The maximum atomic E-state index is 11.0. The van der Waals surface area contributed by atoms with Crippen molar-refractivity contribution in [3.8, 4) is 0 Å². The second kappa shape index (κ2) is 7.42. The van der Waals surface area contributed by atoms with E-state index in [1.807, 2.05) is 6.92 Å². The van der Waals surface area contributed by atoms with Crippen LogP contribution >= 0.6 is 0 Å². The van der Waals surface area contributed by atoms with Gasteiger partial charge in [-0.2, -0.15) is 0 Å². The molecule has 1 aliphatic rings. The lowest BCUT2D eigenvalue weighted by Gasteiger charge is -2.16. The Morgan fingerprint density at radius 1 is 1.41 bits per heavy atom. The summed E-state index contributed by atoms with van der Waals surface area (Å²) in [5.41, 5.74) is 0.394. The molecule has 5 nitrogen and oxygen atoms in total. The van der Waals surface area contributed by atoms with Crippen LogP contribution in [0.1, 0.15) is 20.3 Å². The van der Waals surface area contributed by atoms with Crippen LogP contribution in [0, 0.1) is 0 Å². The highest BCUT2D eigenvalue weighted by molar-refractivity contribution is 5.86. The molecule has 1 rings (SSSR count). The molecule has 1 aliphatic heterocycles. The minimum absolute atomic E-state index is 0.0154. The second-order valence-corrected chi connectivity index (χ2v) is 4.00. The highest BCUT2D eigenvalue weighted by atomic mass is 16.7. The molecule has 17 heavy (non-hydrogen) atoms. The Labute approximate surface area is 102 Å². The minimum Gasteiger partial charge on any atom is -0.460 e. The maximum Gasteiger partial charge on any atom is 0.333 e. The number of rotatable bonds is 7. The first-order valence-electron chi connectivity index (χ1n) is 5.77. The fourth-order valence-corrected chi connectivity index (χ4v) is 1.39. The first-order valence-corrected chi connectivity index (χ1v) is 5.77. The highest BCUT2D eigenvalue weighted by Crippen LogP contribution is 2.12. The van der Waals surface area contributed by atoms with Gasteiger partial charge in [-0.3, -0.25) is 0 Å². The van der Waals surface area contributed by atoms with E-state index in [4.69, 9.17) is 18.9 Å². The van der Waals surface area contributed by atoms with Gasteiger partial charge in [-0.25, -0.2) is 4.79 Å². The summed E-state index contributed by atoms with van der Waals surface area (Å²) in [5.74, 6) is -0.385. The van der Waals surface area contributed by atoms with Gasteiger partial charge in [0.05, 0.1) is 25.9 Å². The van der Waals surface area contributed by atoms with E-state index in [-0.39, 0.29) is 25.0 Å². The number of esters is 1. The fourth-order valence-electron chi connectivity index (χ4n) is 1.39. The highest BCUT2D eigenvalue weighted by Gasteiger charge is 2.19. The monoisotopic (exact) mass is 244 g/mol. The quantitative estimate of drug-likeness (QED) is 0.383. The number of carbonyl (C=O) groups is 1. The minimum atomic E-state index is -0.385. The first-order chi connectivity index (χ1) is 8.09. The second-order valence-electron chi connectivity index (χ2n) is 4.00. The first kappa shape index (κ1) is 14.2. The standard InChI is InChI=1S/C12H20O5/c1-9(2)12(13)17-7-4-14-10(3)8-11-15-5-6-16-11/h10-11H,1,4-8H2,2-3H3. The molecule has 0 aromatic rings. The van der Waals surface area contributed by atoms with Gasteiger partial charge in [0, 0.05) is 12.0 Å². The van der Waals surface area contributed by atoms with Gasteiger partial charge in [0.25, 0.3) is 0 Å². The lowest BCUT2D eigenvalue weighted by molar-refractivity contribution is -0.141. The van der Waals surface area contributed by atoms with Crippen LogP contribution in [0.2, 0.25) is 0 Å². The number of ether oxygens (including phenoxy) is 4. The Hall–Kier alpha value is -0.910. The zero-order valence-corrected chi connectivity index (χ0v) is 10.4. The summed E-state index contributed by atoms with van der Waals surface area (Å²) in [6.07, 6.45) is 0.540. The van der Waals surface area contributed by atoms with E-state index in [9.17, 15) is 4.79 Å². The van der Waals surface area contributed by atoms with Gasteiger partial charge >= 0.3 is 5.97 Å². The van der Waals surface area contributed by atoms with Gasteiger partial charge in [0.2, 0.25) is 0 Å². The predicted molar refractivity (Wildman–Crippen MR) is 61.5 cm³/mol. The number of hydrogen-bond acceptors (Lipinski definition) is 5. The van der Waals surface area contributed by atoms with Crippen molar-refractivity contribution in [3.05, 3.63) is 12.2 Å². The zero-order valence-electron chi connectivity index (χ0n) is 10.4. The Morgan fingerprint density at radius 3 is 2.65 bits per heavy atom. The van der Waals surface area contributed by atoms with Crippen LogP contribution in [0.3, 0.4) is 0 Å². The third-order valence-corrected chi connectivity index (χ3v) is 2.28. The number of carbonyl (C=O) groups excluding carboxylic acids is 1. The van der Waals surface area contributed by atoms with Crippen molar-refractivity contribution in [2.24, 2.45) is 0 Å². The van der Waals surface area contributed by atoms with Gasteiger partial charge in [-0.15, -0.1) is 0 Å². The van der Waals surface area contributed by atoms with Crippen LogP contribution in [0.4, 0.5) is 0 Å². The SMILES string of the molecule is C=C(C)C(=O)OCCOC(C)CC1OCCO1. The molecule has 0 radical (unpaired) electrons. The summed E-state index contributed by atoms with van der Waals surface area (Å²) in [5, 5.41) is 0. The molecule has 5 heteroatoms. The van der Waals surface area contributed by atoms with Crippen LogP contribution in [0.5, 0.6) is 0 Å². The summed E-state index contributed by atoms with van der Waals surface area (Å²) < 4.78 is 21.0. The summed E-state index contributed by atoms with van der Waals surface area (Å²) in [7, 11) is 0. The van der Waals surface area contributed by atoms with Crippen molar-refractivity contribution < 1.29 is 23.7 Å². The van der Waals surface area contributed by atoms with E-state index in [2.05, 4.69) is 6.58 Å². The smallest absolute Gasteiger partial charge is 0.333 e. The van der Waals surface area contributed by atoms with E-state index in [1.54, 1.807) is 6.92 Å². The summed E-state index contributed by atoms with van der Waals surface area (Å²) >= 11 is 0. The third kappa shape index (κ3) is 5.81. The lowest BCUT2D eigenvalue weighted by Crippen LogP contribution is -2.21. The van der Waals surface area contributed by atoms with Crippen LogP contribution in [0.15, 0.2) is 12.2 Å². The molecule has 0 amide bonds. The summed E-state index contributed by atoms with van der Waals surface area (Å²) in [6.45, 7) is 8.94. The van der Waals surface area contributed by atoms with Crippen molar-refractivity contribution in [2.75, 3.05) is 26.4 Å². The van der Waals surface area contributed by atoms with Crippen LogP contribution in [-0.4, -0.2) is 44.8 Å². The van der Waals surface area contributed by atoms with Crippen LogP contribution in [-0.2, 0) is 23.7 Å².